The van der Waals surface area contributed by atoms with Crippen molar-refractivity contribution in [1.82, 2.24) is 4.98 Å². The van der Waals surface area contributed by atoms with Crippen molar-refractivity contribution in [3.05, 3.63) is 76.1 Å². The first kappa shape index (κ1) is 21.4. The predicted octanol–water partition coefficient (Wildman–Crippen LogP) is 1.49. The van der Waals surface area contributed by atoms with Crippen LogP contribution in [-0.2, 0) is 4.74 Å². The van der Waals surface area contributed by atoms with E-state index in [1.54, 1.807) is 48.7 Å². The van der Waals surface area contributed by atoms with Gasteiger partial charge in [0.15, 0.2) is 5.43 Å². The topological polar surface area (TPSA) is 144 Å². The molecule has 0 spiro atoms. The second kappa shape index (κ2) is 9.13. The molecule has 1 amide bonds. The summed E-state index contributed by atoms with van der Waals surface area (Å²) in [5, 5.41) is 1.90. The lowest BCUT2D eigenvalue weighted by molar-refractivity contribution is 0.100. The van der Waals surface area contributed by atoms with Crippen LogP contribution in [0.3, 0.4) is 0 Å². The van der Waals surface area contributed by atoms with Gasteiger partial charge in [-0.15, -0.1) is 0 Å². The van der Waals surface area contributed by atoms with Crippen molar-refractivity contribution in [2.24, 2.45) is 17.3 Å². The number of ether oxygens (including phenoxy) is 1. The number of H-pyrrole nitrogens is 1. The lowest BCUT2D eigenvalue weighted by atomic mass is 10.1. The smallest absolute Gasteiger partial charge is 0.248 e. The van der Waals surface area contributed by atoms with Crippen LogP contribution in [0, 0.1) is 0 Å². The van der Waals surface area contributed by atoms with Crippen LogP contribution in [0.2, 0.25) is 0 Å². The molecule has 2 aromatic carbocycles. The van der Waals surface area contributed by atoms with Crippen LogP contribution >= 0.6 is 0 Å². The van der Waals surface area contributed by atoms with Crippen LogP contribution in [0.4, 0.5) is 11.5 Å². The fourth-order valence-corrected chi connectivity index (χ4v) is 3.75. The lowest BCUT2D eigenvalue weighted by Gasteiger charge is -2.22. The summed E-state index contributed by atoms with van der Waals surface area (Å²) in [6, 6.07) is 13.5. The summed E-state index contributed by atoms with van der Waals surface area (Å²) in [6.45, 7) is 2.82. The monoisotopic (exact) mass is 434 g/mol. The Morgan fingerprint density at radius 2 is 1.88 bits per heavy atom. The second-order valence-corrected chi connectivity index (χ2v) is 7.60. The number of anilines is 2. The maximum Gasteiger partial charge on any atom is 0.248 e. The number of para-hydroxylation sites is 1. The van der Waals surface area contributed by atoms with Crippen molar-refractivity contribution in [1.29, 1.82) is 0 Å². The van der Waals surface area contributed by atoms with E-state index in [9.17, 15) is 9.59 Å². The summed E-state index contributed by atoms with van der Waals surface area (Å²) in [5.74, 6) is 6.39. The Hall–Kier alpha value is -3.82. The Bertz CT molecular complexity index is 1210. The first-order valence-corrected chi connectivity index (χ1v) is 10.3. The van der Waals surface area contributed by atoms with Gasteiger partial charge < -0.3 is 26.1 Å². The first-order chi connectivity index (χ1) is 15.4. The Morgan fingerprint density at radius 3 is 2.62 bits per heavy atom. The van der Waals surface area contributed by atoms with Crippen molar-refractivity contribution >= 4 is 34.0 Å². The molecule has 1 aliphatic rings. The van der Waals surface area contributed by atoms with Gasteiger partial charge in [0.1, 0.15) is 5.82 Å². The molecule has 1 saturated heterocycles. The molecular formula is C23H26N6O3. The molecule has 0 bridgehead atoms. The standard InChI is InChI=1S/C23H26N6O3/c24-19(14-29(26)16-7-5-15(6-8-16)23(25)31)17-3-1-4-18-20(30)13-21(27-22(17)18)28-9-2-11-32-12-10-28/h1,3-8,13-14H,2,9-12,24,26H2,(H2,25,31)(H,27,30)/b19-14-. The molecule has 9 nitrogen and oxygen atoms in total. The number of nitrogens with zero attached hydrogens (tertiary/aromatic N) is 2. The number of pyridine rings is 1. The molecule has 3 aromatic rings. The molecule has 0 aliphatic carbocycles. The zero-order valence-corrected chi connectivity index (χ0v) is 17.6. The summed E-state index contributed by atoms with van der Waals surface area (Å²) in [5.41, 5.74) is 14.3. The van der Waals surface area contributed by atoms with E-state index < -0.39 is 5.91 Å². The summed E-state index contributed by atoms with van der Waals surface area (Å²) in [4.78, 5) is 29.6. The van der Waals surface area contributed by atoms with Crippen LogP contribution in [0.1, 0.15) is 22.3 Å². The number of aromatic amines is 1. The van der Waals surface area contributed by atoms with Crippen LogP contribution < -0.4 is 32.6 Å². The van der Waals surface area contributed by atoms with Gasteiger partial charge in [-0.2, -0.15) is 0 Å². The molecule has 2 heterocycles. The number of rotatable bonds is 5. The Balaban J connectivity index is 1.70. The fourth-order valence-electron chi connectivity index (χ4n) is 3.75. The van der Waals surface area contributed by atoms with Gasteiger partial charge in [0.2, 0.25) is 5.91 Å². The first-order valence-electron chi connectivity index (χ1n) is 10.3. The van der Waals surface area contributed by atoms with Gasteiger partial charge in [0, 0.05) is 48.5 Å². The maximum atomic E-state index is 12.8. The van der Waals surface area contributed by atoms with E-state index in [1.807, 2.05) is 6.07 Å². The largest absolute Gasteiger partial charge is 0.397 e. The molecule has 0 unspecified atom stereocenters. The zero-order chi connectivity index (χ0) is 22.7. The summed E-state index contributed by atoms with van der Waals surface area (Å²) in [6.07, 6.45) is 2.46. The molecule has 1 fully saturated rings. The van der Waals surface area contributed by atoms with Crippen LogP contribution in [0.25, 0.3) is 16.6 Å². The van der Waals surface area contributed by atoms with Crippen molar-refractivity contribution in [2.75, 3.05) is 36.2 Å². The molecule has 166 valence electrons. The highest BCUT2D eigenvalue weighted by atomic mass is 16.5. The van der Waals surface area contributed by atoms with E-state index in [0.29, 0.717) is 53.2 Å². The number of carbonyl (C=O) groups excluding carboxylic acids is 1. The van der Waals surface area contributed by atoms with Crippen molar-refractivity contribution in [2.45, 2.75) is 6.42 Å². The highest BCUT2D eigenvalue weighted by molar-refractivity contribution is 5.93. The molecule has 0 saturated carbocycles. The van der Waals surface area contributed by atoms with Gasteiger partial charge in [0.25, 0.3) is 0 Å². The number of primary amides is 1. The van der Waals surface area contributed by atoms with E-state index in [-0.39, 0.29) is 5.43 Å². The van der Waals surface area contributed by atoms with Gasteiger partial charge in [-0.05, 0) is 36.8 Å². The van der Waals surface area contributed by atoms with Gasteiger partial charge in [-0.25, -0.2) is 5.84 Å². The van der Waals surface area contributed by atoms with Crippen LogP contribution in [-0.4, -0.2) is 37.2 Å². The van der Waals surface area contributed by atoms with E-state index in [4.69, 9.17) is 22.0 Å². The third-order valence-corrected chi connectivity index (χ3v) is 5.45. The summed E-state index contributed by atoms with van der Waals surface area (Å²) >= 11 is 0. The molecule has 4 rings (SSSR count). The fraction of sp³-hybridized carbons (Fsp3) is 0.217. The number of hydrogen-bond donors (Lipinski definition) is 4. The van der Waals surface area contributed by atoms with Gasteiger partial charge in [-0.3, -0.25) is 14.6 Å². The minimum absolute atomic E-state index is 0.0831. The number of benzene rings is 2. The zero-order valence-electron chi connectivity index (χ0n) is 17.6. The number of nitrogens with one attached hydrogen (secondary N) is 1. The number of amides is 1. The third kappa shape index (κ3) is 4.43. The van der Waals surface area contributed by atoms with Gasteiger partial charge in [-0.1, -0.05) is 12.1 Å². The SMILES string of the molecule is NC(=O)c1ccc(N(N)/C=C(\N)c2cccc3c(=O)cc(N4CCCOCC4)[nH]c23)cc1. The van der Waals surface area contributed by atoms with Crippen LogP contribution in [0.5, 0.6) is 0 Å². The maximum absolute atomic E-state index is 12.8. The van der Waals surface area contributed by atoms with Gasteiger partial charge >= 0.3 is 0 Å². The number of nitrogens with two attached hydrogens (primary N) is 3. The highest BCUT2D eigenvalue weighted by Crippen LogP contribution is 2.23. The third-order valence-electron chi connectivity index (χ3n) is 5.45. The van der Waals surface area contributed by atoms with Crippen molar-refractivity contribution in [3.8, 4) is 0 Å². The minimum atomic E-state index is -0.512. The highest BCUT2D eigenvalue weighted by Gasteiger charge is 2.15. The minimum Gasteiger partial charge on any atom is -0.397 e. The molecule has 0 atom stereocenters. The molecule has 9 heteroatoms. The summed E-state index contributed by atoms with van der Waals surface area (Å²) in [7, 11) is 0. The Morgan fingerprint density at radius 1 is 1.09 bits per heavy atom. The summed E-state index contributed by atoms with van der Waals surface area (Å²) < 4.78 is 5.52. The van der Waals surface area contributed by atoms with Crippen LogP contribution in [0.15, 0.2) is 59.5 Å². The van der Waals surface area contributed by atoms with Gasteiger partial charge in [0.05, 0.1) is 23.5 Å². The Kier molecular flexibility index (Phi) is 6.11. The number of hydrogen-bond acceptors (Lipinski definition) is 7. The average molecular weight is 435 g/mol. The second-order valence-electron chi connectivity index (χ2n) is 7.60. The molecule has 32 heavy (non-hydrogen) atoms. The average Bonchev–Trinajstić information content (AvgIpc) is 3.08. The molecule has 1 aliphatic heterocycles. The number of hydrazine groups is 1. The van der Waals surface area contributed by atoms with E-state index in [0.717, 1.165) is 18.8 Å². The Labute approximate surface area is 185 Å². The van der Waals surface area contributed by atoms with Crippen molar-refractivity contribution < 1.29 is 9.53 Å². The van der Waals surface area contributed by atoms with Crippen molar-refractivity contribution in [3.63, 3.8) is 0 Å². The number of carbonyl (C=O) groups is 1. The normalized spacial score (nSPS) is 14.9. The molecular weight excluding hydrogens is 408 g/mol. The number of fused-ring (bicyclic) bond motifs is 1. The lowest BCUT2D eigenvalue weighted by Crippen LogP contribution is -2.28. The quantitative estimate of drug-likeness (QED) is 0.352. The van der Waals surface area contributed by atoms with E-state index >= 15 is 0 Å². The molecule has 7 N–H and O–H groups in total. The molecule has 1 aromatic heterocycles. The predicted molar refractivity (Wildman–Crippen MR) is 126 cm³/mol. The van der Waals surface area contributed by atoms with E-state index in [2.05, 4.69) is 9.88 Å². The van der Waals surface area contributed by atoms with E-state index in [1.165, 1.54) is 5.01 Å². The molecule has 0 radical (unpaired) electrons. The number of aromatic nitrogens is 1.